The third kappa shape index (κ3) is 2.18. The van der Waals surface area contributed by atoms with Gasteiger partial charge in [-0.25, -0.2) is 0 Å². The molecule has 0 aromatic carbocycles. The summed E-state index contributed by atoms with van der Waals surface area (Å²) in [5, 5.41) is 8.03. The molecule has 1 saturated heterocycles. The normalized spacial score (nSPS) is 22.3. The monoisotopic (exact) mass is 182 g/mol. The van der Waals surface area contributed by atoms with Gasteiger partial charge in [0.2, 0.25) is 0 Å². The number of nitrogens with zero attached hydrogens (tertiary/aromatic N) is 3. The van der Waals surface area contributed by atoms with E-state index in [0.717, 1.165) is 32.6 Å². The van der Waals surface area contributed by atoms with Crippen molar-refractivity contribution >= 4 is 5.82 Å². The van der Waals surface area contributed by atoms with Gasteiger partial charge in [0.1, 0.15) is 0 Å². The van der Waals surface area contributed by atoms with Gasteiger partial charge < -0.3 is 10.5 Å². The first-order valence-electron chi connectivity index (χ1n) is 4.58. The highest BCUT2D eigenvalue weighted by Crippen LogP contribution is 2.16. The van der Waals surface area contributed by atoms with E-state index < -0.39 is 0 Å². The average molecular weight is 182 g/mol. The molecule has 0 spiro atoms. The summed E-state index contributed by atoms with van der Waals surface area (Å²) in [7, 11) is 0. The number of hydrogen-bond donors (Lipinski definition) is 1. The first-order valence-corrected chi connectivity index (χ1v) is 4.58. The second-order valence-corrected chi connectivity index (χ2v) is 3.38. The SMILES string of the molecule is Nc1cnn(CCC2CCOC2)n1. The van der Waals surface area contributed by atoms with Gasteiger partial charge in [-0.05, 0) is 18.8 Å². The Morgan fingerprint density at radius 3 is 3.23 bits per heavy atom. The van der Waals surface area contributed by atoms with Crippen LogP contribution >= 0.6 is 0 Å². The number of aromatic nitrogens is 3. The van der Waals surface area contributed by atoms with Gasteiger partial charge in [0.25, 0.3) is 0 Å². The maximum atomic E-state index is 5.44. The van der Waals surface area contributed by atoms with Crippen LogP contribution in [-0.2, 0) is 11.3 Å². The van der Waals surface area contributed by atoms with E-state index in [1.54, 1.807) is 11.0 Å². The molecule has 2 heterocycles. The van der Waals surface area contributed by atoms with Crippen molar-refractivity contribution in [3.05, 3.63) is 6.20 Å². The highest BCUT2D eigenvalue weighted by Gasteiger charge is 2.15. The highest BCUT2D eigenvalue weighted by molar-refractivity contribution is 5.19. The Morgan fingerprint density at radius 2 is 2.62 bits per heavy atom. The lowest BCUT2D eigenvalue weighted by molar-refractivity contribution is 0.182. The molecule has 1 aromatic rings. The van der Waals surface area contributed by atoms with Gasteiger partial charge in [0.15, 0.2) is 5.82 Å². The van der Waals surface area contributed by atoms with Crippen LogP contribution in [0.2, 0.25) is 0 Å². The summed E-state index contributed by atoms with van der Waals surface area (Å²) >= 11 is 0. The number of rotatable bonds is 3. The molecule has 0 saturated carbocycles. The summed E-state index contributed by atoms with van der Waals surface area (Å²) in [5.74, 6) is 1.16. The first-order chi connectivity index (χ1) is 6.34. The zero-order valence-electron chi connectivity index (χ0n) is 7.52. The summed E-state index contributed by atoms with van der Waals surface area (Å²) in [4.78, 5) is 1.65. The molecular weight excluding hydrogens is 168 g/mol. The first kappa shape index (κ1) is 8.50. The van der Waals surface area contributed by atoms with Crippen LogP contribution in [0.5, 0.6) is 0 Å². The number of nitrogen functional groups attached to an aromatic ring is 1. The minimum absolute atomic E-state index is 0.489. The predicted molar refractivity (Wildman–Crippen MR) is 48.0 cm³/mol. The molecule has 0 amide bonds. The molecule has 5 nitrogen and oxygen atoms in total. The standard InChI is InChI=1S/C8H14N4O/c9-8-5-10-12(11-8)3-1-7-2-4-13-6-7/h5,7H,1-4,6H2,(H2,9,11). The van der Waals surface area contributed by atoms with Crippen LogP contribution in [0, 0.1) is 5.92 Å². The number of ether oxygens (including phenoxy) is 1. The summed E-state index contributed by atoms with van der Waals surface area (Å²) in [6, 6.07) is 0. The van der Waals surface area contributed by atoms with Gasteiger partial charge in [0, 0.05) is 13.2 Å². The molecule has 72 valence electrons. The second-order valence-electron chi connectivity index (χ2n) is 3.38. The Bertz CT molecular complexity index is 267. The van der Waals surface area contributed by atoms with Gasteiger partial charge >= 0.3 is 0 Å². The Labute approximate surface area is 76.9 Å². The molecule has 0 radical (unpaired) electrons. The molecule has 1 aliphatic heterocycles. The van der Waals surface area contributed by atoms with Crippen molar-refractivity contribution in [2.24, 2.45) is 5.92 Å². The summed E-state index contributed by atoms with van der Waals surface area (Å²) in [5.41, 5.74) is 5.44. The number of nitrogens with two attached hydrogens (primary N) is 1. The van der Waals surface area contributed by atoms with Crippen LogP contribution < -0.4 is 5.73 Å². The van der Waals surface area contributed by atoms with Crippen molar-refractivity contribution in [3.8, 4) is 0 Å². The van der Waals surface area contributed by atoms with Crippen molar-refractivity contribution in [3.63, 3.8) is 0 Å². The van der Waals surface area contributed by atoms with Crippen molar-refractivity contribution in [2.75, 3.05) is 18.9 Å². The molecule has 1 aliphatic rings. The maximum absolute atomic E-state index is 5.44. The minimum Gasteiger partial charge on any atom is -0.381 e. The average Bonchev–Trinajstić information content (AvgIpc) is 2.71. The maximum Gasteiger partial charge on any atom is 0.165 e. The summed E-state index contributed by atoms with van der Waals surface area (Å²) in [6.07, 6.45) is 3.82. The van der Waals surface area contributed by atoms with Gasteiger partial charge in [0.05, 0.1) is 12.7 Å². The van der Waals surface area contributed by atoms with E-state index in [9.17, 15) is 0 Å². The fourth-order valence-electron chi connectivity index (χ4n) is 1.53. The number of anilines is 1. The predicted octanol–water partition coefficient (Wildman–Crippen LogP) is 0.287. The lowest BCUT2D eigenvalue weighted by atomic mass is 10.1. The molecule has 13 heavy (non-hydrogen) atoms. The van der Waals surface area contributed by atoms with E-state index in [2.05, 4.69) is 10.2 Å². The topological polar surface area (TPSA) is 66.0 Å². The Kier molecular flexibility index (Phi) is 2.44. The van der Waals surface area contributed by atoms with E-state index in [4.69, 9.17) is 10.5 Å². The van der Waals surface area contributed by atoms with Crippen molar-refractivity contribution in [1.82, 2.24) is 15.0 Å². The van der Waals surface area contributed by atoms with Gasteiger partial charge in [-0.2, -0.15) is 9.90 Å². The molecule has 0 aliphatic carbocycles. The van der Waals surface area contributed by atoms with Crippen molar-refractivity contribution in [2.45, 2.75) is 19.4 Å². The van der Waals surface area contributed by atoms with Crippen LogP contribution in [0.25, 0.3) is 0 Å². The largest absolute Gasteiger partial charge is 0.381 e. The molecule has 2 rings (SSSR count). The quantitative estimate of drug-likeness (QED) is 0.729. The van der Waals surface area contributed by atoms with Crippen molar-refractivity contribution in [1.29, 1.82) is 0 Å². The van der Waals surface area contributed by atoms with Crippen LogP contribution in [0.3, 0.4) is 0 Å². The highest BCUT2D eigenvalue weighted by atomic mass is 16.5. The molecule has 1 fully saturated rings. The van der Waals surface area contributed by atoms with Gasteiger partial charge in [-0.15, -0.1) is 5.10 Å². The molecule has 5 heteroatoms. The zero-order valence-corrected chi connectivity index (χ0v) is 7.52. The van der Waals surface area contributed by atoms with Crippen LogP contribution in [0.1, 0.15) is 12.8 Å². The summed E-state index contributed by atoms with van der Waals surface area (Å²) in [6.45, 7) is 2.63. The third-order valence-electron chi connectivity index (χ3n) is 2.32. The van der Waals surface area contributed by atoms with E-state index in [-0.39, 0.29) is 0 Å². The molecule has 1 aromatic heterocycles. The number of aryl methyl sites for hydroxylation is 1. The van der Waals surface area contributed by atoms with Gasteiger partial charge in [-0.3, -0.25) is 0 Å². The lowest BCUT2D eigenvalue weighted by Gasteiger charge is -2.05. The molecule has 1 unspecified atom stereocenters. The fraction of sp³-hybridized carbons (Fsp3) is 0.750. The van der Waals surface area contributed by atoms with Gasteiger partial charge in [-0.1, -0.05) is 0 Å². The Hall–Kier alpha value is -1.10. The van der Waals surface area contributed by atoms with Crippen molar-refractivity contribution < 1.29 is 4.74 Å². The van der Waals surface area contributed by atoms with E-state index in [1.807, 2.05) is 0 Å². The molecule has 0 bridgehead atoms. The Morgan fingerprint density at radius 1 is 1.69 bits per heavy atom. The van der Waals surface area contributed by atoms with Crippen LogP contribution in [0.15, 0.2) is 6.20 Å². The lowest BCUT2D eigenvalue weighted by Crippen LogP contribution is -2.08. The van der Waals surface area contributed by atoms with Crippen LogP contribution in [0.4, 0.5) is 5.82 Å². The van der Waals surface area contributed by atoms with E-state index in [1.165, 1.54) is 0 Å². The zero-order chi connectivity index (χ0) is 9.10. The minimum atomic E-state index is 0.489. The molecular formula is C8H14N4O. The van der Waals surface area contributed by atoms with E-state index >= 15 is 0 Å². The van der Waals surface area contributed by atoms with Crippen LogP contribution in [-0.4, -0.2) is 28.2 Å². The second kappa shape index (κ2) is 3.74. The molecule has 2 N–H and O–H groups in total. The number of hydrogen-bond acceptors (Lipinski definition) is 4. The Balaban J connectivity index is 1.78. The molecule has 1 atom stereocenters. The fourth-order valence-corrected chi connectivity index (χ4v) is 1.53. The summed E-state index contributed by atoms with van der Waals surface area (Å²) < 4.78 is 5.28. The van der Waals surface area contributed by atoms with E-state index in [0.29, 0.717) is 11.7 Å². The third-order valence-corrected chi connectivity index (χ3v) is 2.32. The smallest absolute Gasteiger partial charge is 0.165 e.